The third kappa shape index (κ3) is 57.6. The van der Waals surface area contributed by atoms with Gasteiger partial charge in [-0.3, -0.25) is 14.4 Å². The summed E-state index contributed by atoms with van der Waals surface area (Å²) in [7, 11) is 0. The number of hydrogen-bond acceptors (Lipinski definition) is 6. The van der Waals surface area contributed by atoms with Gasteiger partial charge in [0.05, 0.1) is 0 Å². The Morgan fingerprint density at radius 1 is 0.296 bits per heavy atom. The fraction of sp³-hybridized carbons (Fsp3) is 0.769. The summed E-state index contributed by atoms with van der Waals surface area (Å²) < 4.78 is 16.9. The molecule has 0 saturated carbocycles. The zero-order valence-electron chi connectivity index (χ0n) is 47.0. The molecule has 0 N–H and O–H groups in total. The normalized spacial score (nSPS) is 12.5. The lowest BCUT2D eigenvalue weighted by Crippen LogP contribution is -2.30. The first-order valence-corrected chi connectivity index (χ1v) is 30.4. The van der Waals surface area contributed by atoms with Crippen LogP contribution in [0.25, 0.3) is 0 Å². The molecule has 0 aromatic heterocycles. The molecule has 0 aliphatic heterocycles. The van der Waals surface area contributed by atoms with E-state index in [0.29, 0.717) is 19.3 Å². The number of carbonyl (C=O) groups is 3. The molecule has 6 heteroatoms. The van der Waals surface area contributed by atoms with E-state index in [1.807, 2.05) is 0 Å². The Labute approximate surface area is 440 Å². The van der Waals surface area contributed by atoms with Crippen LogP contribution in [0.3, 0.4) is 0 Å². The van der Waals surface area contributed by atoms with E-state index in [2.05, 4.69) is 93.7 Å². The number of esters is 3. The average Bonchev–Trinajstić information content (AvgIpc) is 3.37. The molecule has 0 spiro atoms. The third-order valence-electron chi connectivity index (χ3n) is 13.2. The molecule has 0 saturated heterocycles. The Bertz CT molecular complexity index is 1320. The molecule has 0 heterocycles. The molecule has 0 aliphatic carbocycles. The number of ether oxygens (including phenoxy) is 3. The molecule has 0 aliphatic rings. The highest BCUT2D eigenvalue weighted by molar-refractivity contribution is 5.71. The molecule has 0 amide bonds. The second-order valence-corrected chi connectivity index (χ2v) is 20.2. The fourth-order valence-electron chi connectivity index (χ4n) is 8.64. The van der Waals surface area contributed by atoms with E-state index in [-0.39, 0.29) is 31.1 Å². The number of rotatable bonds is 55. The van der Waals surface area contributed by atoms with Gasteiger partial charge in [0.15, 0.2) is 6.10 Å². The molecule has 0 radical (unpaired) electrons. The summed E-state index contributed by atoms with van der Waals surface area (Å²) in [6.07, 6.45) is 76.1. The van der Waals surface area contributed by atoms with Crippen molar-refractivity contribution >= 4 is 17.9 Å². The first-order valence-electron chi connectivity index (χ1n) is 30.4. The zero-order valence-corrected chi connectivity index (χ0v) is 47.0. The van der Waals surface area contributed by atoms with E-state index in [1.165, 1.54) is 141 Å². The van der Waals surface area contributed by atoms with Crippen LogP contribution in [0.2, 0.25) is 0 Å². The SMILES string of the molecule is CC/C=C\C/C=C\C/C=C\CCCCCCCC(=O)OC[C@H](COC(=O)CCCCCCCCCCCCCCCCCCCCCCC)OC(=O)CCCCCC/C=C\C/C=C\C/C=C\CCCCC. The van der Waals surface area contributed by atoms with Gasteiger partial charge in [-0.05, 0) is 89.9 Å². The molecule has 0 bridgehead atoms. The van der Waals surface area contributed by atoms with Gasteiger partial charge in [0.25, 0.3) is 0 Å². The minimum absolute atomic E-state index is 0.0879. The largest absolute Gasteiger partial charge is 0.462 e. The van der Waals surface area contributed by atoms with Gasteiger partial charge in [-0.2, -0.15) is 0 Å². The number of hydrogen-bond donors (Lipinski definition) is 0. The lowest BCUT2D eigenvalue weighted by molar-refractivity contribution is -0.167. The predicted octanol–water partition coefficient (Wildman–Crippen LogP) is 20.5. The first-order chi connectivity index (χ1) is 35.0. The van der Waals surface area contributed by atoms with Crippen molar-refractivity contribution in [2.45, 2.75) is 309 Å². The monoisotopic (exact) mass is 991 g/mol. The second kappa shape index (κ2) is 59.4. The molecule has 71 heavy (non-hydrogen) atoms. The maximum atomic E-state index is 12.9. The van der Waals surface area contributed by atoms with Crippen molar-refractivity contribution in [3.8, 4) is 0 Å². The topological polar surface area (TPSA) is 78.9 Å². The van der Waals surface area contributed by atoms with Crippen LogP contribution >= 0.6 is 0 Å². The quantitative estimate of drug-likeness (QED) is 0.0261. The van der Waals surface area contributed by atoms with Crippen LogP contribution in [0.1, 0.15) is 303 Å². The predicted molar refractivity (Wildman–Crippen MR) is 307 cm³/mol. The average molecular weight is 992 g/mol. The number of allylic oxidation sites excluding steroid dienone is 12. The van der Waals surface area contributed by atoms with Crippen molar-refractivity contribution in [3.05, 3.63) is 72.9 Å². The molecule has 0 unspecified atom stereocenters. The Hall–Kier alpha value is -3.15. The van der Waals surface area contributed by atoms with Crippen LogP contribution in [0, 0.1) is 0 Å². The van der Waals surface area contributed by atoms with E-state index in [1.54, 1.807) is 0 Å². The second-order valence-electron chi connectivity index (χ2n) is 20.2. The maximum absolute atomic E-state index is 12.9. The van der Waals surface area contributed by atoms with Gasteiger partial charge < -0.3 is 14.2 Å². The summed E-state index contributed by atoms with van der Waals surface area (Å²) in [6, 6.07) is 0. The van der Waals surface area contributed by atoms with Crippen molar-refractivity contribution in [3.63, 3.8) is 0 Å². The summed E-state index contributed by atoms with van der Waals surface area (Å²) in [5.74, 6) is -0.915. The minimum atomic E-state index is -0.794. The van der Waals surface area contributed by atoms with Gasteiger partial charge in [-0.1, -0.05) is 267 Å². The first kappa shape index (κ1) is 67.8. The smallest absolute Gasteiger partial charge is 0.306 e. The molecule has 1 atom stereocenters. The maximum Gasteiger partial charge on any atom is 0.306 e. The van der Waals surface area contributed by atoms with E-state index in [0.717, 1.165) is 122 Å². The van der Waals surface area contributed by atoms with Gasteiger partial charge >= 0.3 is 17.9 Å². The number of unbranched alkanes of at least 4 members (excludes halogenated alkanes) is 32. The van der Waals surface area contributed by atoms with Gasteiger partial charge in [0.1, 0.15) is 13.2 Å². The van der Waals surface area contributed by atoms with Crippen LogP contribution in [-0.2, 0) is 28.6 Å². The molecular weight excluding hydrogens is 877 g/mol. The van der Waals surface area contributed by atoms with Crippen molar-refractivity contribution in [2.75, 3.05) is 13.2 Å². The molecule has 0 aromatic carbocycles. The standard InChI is InChI=1S/C65H114O6/c1-4-7-10-13-16-19-22-25-28-30-31-32-33-35-37-40-43-46-49-52-55-58-64(67)70-61-62(60-69-63(66)57-54-51-48-45-42-39-36-27-24-21-18-15-12-9-6-3)71-65(68)59-56-53-50-47-44-41-38-34-29-26-23-20-17-14-11-8-5-2/h9,12,17-18,20-21,26-27,29,36,38,41,62H,4-8,10-11,13-16,19,22-25,28,30-35,37,39-40,42-61H2,1-3H3/b12-9-,20-17-,21-18-,29-26-,36-27-,41-38-/t62-/m1/s1. The van der Waals surface area contributed by atoms with Crippen molar-refractivity contribution in [1.82, 2.24) is 0 Å². The fourth-order valence-corrected chi connectivity index (χ4v) is 8.64. The van der Waals surface area contributed by atoms with Gasteiger partial charge in [-0.15, -0.1) is 0 Å². The van der Waals surface area contributed by atoms with Gasteiger partial charge in [0, 0.05) is 19.3 Å². The molecular formula is C65H114O6. The zero-order chi connectivity index (χ0) is 51.4. The molecule has 6 nitrogen and oxygen atoms in total. The van der Waals surface area contributed by atoms with E-state index < -0.39 is 6.10 Å². The van der Waals surface area contributed by atoms with E-state index in [4.69, 9.17) is 14.2 Å². The van der Waals surface area contributed by atoms with Crippen molar-refractivity contribution < 1.29 is 28.6 Å². The van der Waals surface area contributed by atoms with E-state index >= 15 is 0 Å². The molecule has 410 valence electrons. The van der Waals surface area contributed by atoms with Crippen LogP contribution in [-0.4, -0.2) is 37.2 Å². The molecule has 0 fully saturated rings. The highest BCUT2D eigenvalue weighted by Gasteiger charge is 2.19. The highest BCUT2D eigenvalue weighted by Crippen LogP contribution is 2.17. The Morgan fingerprint density at radius 2 is 0.549 bits per heavy atom. The lowest BCUT2D eigenvalue weighted by Gasteiger charge is -2.18. The summed E-state index contributed by atoms with van der Waals surface area (Å²) >= 11 is 0. The van der Waals surface area contributed by atoms with Crippen LogP contribution < -0.4 is 0 Å². The highest BCUT2D eigenvalue weighted by atomic mass is 16.6. The Kier molecular flexibility index (Phi) is 56.8. The summed E-state index contributed by atoms with van der Waals surface area (Å²) in [5.41, 5.74) is 0. The summed E-state index contributed by atoms with van der Waals surface area (Å²) in [6.45, 7) is 6.50. The lowest BCUT2D eigenvalue weighted by atomic mass is 10.0. The number of carbonyl (C=O) groups excluding carboxylic acids is 3. The van der Waals surface area contributed by atoms with Crippen LogP contribution in [0.15, 0.2) is 72.9 Å². The minimum Gasteiger partial charge on any atom is -0.462 e. The Morgan fingerprint density at radius 3 is 0.887 bits per heavy atom. The van der Waals surface area contributed by atoms with Gasteiger partial charge in [0.2, 0.25) is 0 Å². The summed E-state index contributed by atoms with van der Waals surface area (Å²) in [4.78, 5) is 38.2. The van der Waals surface area contributed by atoms with Crippen LogP contribution in [0.4, 0.5) is 0 Å². The summed E-state index contributed by atoms with van der Waals surface area (Å²) in [5, 5.41) is 0. The molecule has 0 aromatic rings. The van der Waals surface area contributed by atoms with Crippen molar-refractivity contribution in [2.24, 2.45) is 0 Å². The Balaban J connectivity index is 4.38. The van der Waals surface area contributed by atoms with Crippen LogP contribution in [0.5, 0.6) is 0 Å². The van der Waals surface area contributed by atoms with Gasteiger partial charge in [-0.25, -0.2) is 0 Å². The van der Waals surface area contributed by atoms with Crippen molar-refractivity contribution in [1.29, 1.82) is 0 Å². The molecule has 0 rings (SSSR count). The van der Waals surface area contributed by atoms with E-state index in [9.17, 15) is 14.4 Å². The third-order valence-corrected chi connectivity index (χ3v) is 13.2.